The number of ether oxygens (including phenoxy) is 1. The van der Waals surface area contributed by atoms with Crippen molar-refractivity contribution in [1.29, 1.82) is 0 Å². The monoisotopic (exact) mass is 388 g/mol. The molecule has 1 heterocycles. The average Bonchev–Trinajstić information content (AvgIpc) is 3.20. The maximum atomic E-state index is 12.9. The Bertz CT molecular complexity index is 1150. The van der Waals surface area contributed by atoms with Gasteiger partial charge in [0.15, 0.2) is 0 Å². The standard InChI is InChI=1S/C23H20N2O4/c26-21-13-14-24(23(28)25(21)16-17-7-3-1-4-8-17)19-11-12-20(15-19)29-22(27)18-9-5-2-6-10-18/h1-14,19-20H,15-16H2. The molecule has 0 N–H and O–H groups in total. The zero-order chi connectivity index (χ0) is 20.2. The largest absolute Gasteiger partial charge is 0.454 e. The van der Waals surface area contributed by atoms with Crippen LogP contribution in [0.2, 0.25) is 0 Å². The first kappa shape index (κ1) is 18.7. The van der Waals surface area contributed by atoms with E-state index in [1.165, 1.54) is 21.4 Å². The maximum Gasteiger partial charge on any atom is 0.338 e. The summed E-state index contributed by atoms with van der Waals surface area (Å²) >= 11 is 0. The number of allylic oxidation sites excluding steroid dienone is 1. The zero-order valence-corrected chi connectivity index (χ0v) is 15.7. The molecule has 0 saturated carbocycles. The van der Waals surface area contributed by atoms with E-state index in [-0.39, 0.29) is 23.8 Å². The summed E-state index contributed by atoms with van der Waals surface area (Å²) < 4.78 is 8.25. The fraction of sp³-hybridized carbons (Fsp3) is 0.174. The Morgan fingerprint density at radius 2 is 1.62 bits per heavy atom. The van der Waals surface area contributed by atoms with Gasteiger partial charge in [-0.1, -0.05) is 54.6 Å². The number of rotatable bonds is 5. The minimum Gasteiger partial charge on any atom is -0.454 e. The quantitative estimate of drug-likeness (QED) is 0.498. The molecule has 2 aromatic carbocycles. The van der Waals surface area contributed by atoms with E-state index in [0.717, 1.165) is 5.56 Å². The van der Waals surface area contributed by atoms with Crippen molar-refractivity contribution >= 4 is 5.97 Å². The topological polar surface area (TPSA) is 70.3 Å². The molecule has 0 spiro atoms. The molecule has 0 bridgehead atoms. The summed E-state index contributed by atoms with van der Waals surface area (Å²) in [5, 5.41) is 0. The lowest BCUT2D eigenvalue weighted by Gasteiger charge is -2.17. The number of esters is 1. The Labute approximate surface area is 167 Å². The van der Waals surface area contributed by atoms with Gasteiger partial charge in [-0.25, -0.2) is 9.59 Å². The molecule has 6 heteroatoms. The lowest BCUT2D eigenvalue weighted by molar-refractivity contribution is 0.0382. The van der Waals surface area contributed by atoms with Crippen LogP contribution < -0.4 is 11.2 Å². The highest BCUT2D eigenvalue weighted by molar-refractivity contribution is 5.89. The smallest absolute Gasteiger partial charge is 0.338 e. The summed E-state index contributed by atoms with van der Waals surface area (Å²) in [6, 6.07) is 19.3. The third-order valence-corrected chi connectivity index (χ3v) is 4.93. The Hall–Kier alpha value is -3.67. The van der Waals surface area contributed by atoms with Crippen LogP contribution in [0.5, 0.6) is 0 Å². The summed E-state index contributed by atoms with van der Waals surface area (Å²) in [5.41, 5.74) is 0.634. The molecule has 0 amide bonds. The van der Waals surface area contributed by atoms with Crippen molar-refractivity contribution in [1.82, 2.24) is 9.13 Å². The van der Waals surface area contributed by atoms with Crippen LogP contribution in [0.25, 0.3) is 0 Å². The molecule has 1 aromatic heterocycles. The third kappa shape index (κ3) is 4.11. The second kappa shape index (κ2) is 8.14. The fourth-order valence-electron chi connectivity index (χ4n) is 3.42. The van der Waals surface area contributed by atoms with E-state index in [4.69, 9.17) is 4.74 Å². The number of carbonyl (C=O) groups excluding carboxylic acids is 1. The second-order valence-corrected chi connectivity index (χ2v) is 6.91. The van der Waals surface area contributed by atoms with Gasteiger partial charge >= 0.3 is 11.7 Å². The zero-order valence-electron chi connectivity index (χ0n) is 15.7. The number of aromatic nitrogens is 2. The van der Waals surface area contributed by atoms with Crippen LogP contribution in [-0.2, 0) is 11.3 Å². The number of benzene rings is 2. The van der Waals surface area contributed by atoms with Crippen molar-refractivity contribution in [3.8, 4) is 0 Å². The van der Waals surface area contributed by atoms with Gasteiger partial charge in [-0.15, -0.1) is 0 Å². The molecule has 0 radical (unpaired) electrons. The molecular weight excluding hydrogens is 368 g/mol. The molecule has 4 rings (SSSR count). The van der Waals surface area contributed by atoms with Gasteiger partial charge in [-0.3, -0.25) is 13.9 Å². The van der Waals surface area contributed by atoms with Gasteiger partial charge in [-0.05, 0) is 23.8 Å². The van der Waals surface area contributed by atoms with Crippen molar-refractivity contribution < 1.29 is 9.53 Å². The molecule has 1 aliphatic carbocycles. The molecule has 1 aliphatic rings. The predicted molar refractivity (Wildman–Crippen MR) is 109 cm³/mol. The van der Waals surface area contributed by atoms with E-state index in [1.807, 2.05) is 42.5 Å². The SMILES string of the molecule is O=C(OC1C=CC(n2ccc(=O)n(Cc3ccccc3)c2=O)C1)c1ccccc1. The minimum atomic E-state index is -0.422. The van der Waals surface area contributed by atoms with Gasteiger partial charge in [-0.2, -0.15) is 0 Å². The van der Waals surface area contributed by atoms with Crippen LogP contribution >= 0.6 is 0 Å². The molecule has 3 aromatic rings. The molecule has 29 heavy (non-hydrogen) atoms. The number of nitrogens with zero attached hydrogens (tertiary/aromatic N) is 2. The van der Waals surface area contributed by atoms with E-state index < -0.39 is 12.1 Å². The van der Waals surface area contributed by atoms with Crippen LogP contribution in [0.1, 0.15) is 28.4 Å². The van der Waals surface area contributed by atoms with Gasteiger partial charge in [0, 0.05) is 18.7 Å². The Balaban J connectivity index is 1.50. The maximum absolute atomic E-state index is 12.9. The van der Waals surface area contributed by atoms with Crippen molar-refractivity contribution in [3.63, 3.8) is 0 Å². The van der Waals surface area contributed by atoms with Gasteiger partial charge in [0.25, 0.3) is 5.56 Å². The van der Waals surface area contributed by atoms with Gasteiger partial charge in [0.2, 0.25) is 0 Å². The molecule has 2 unspecified atom stereocenters. The molecule has 0 aliphatic heterocycles. The predicted octanol–water partition coefficient (Wildman–Crippen LogP) is 2.78. The van der Waals surface area contributed by atoms with E-state index in [9.17, 15) is 14.4 Å². The number of carbonyl (C=O) groups is 1. The Morgan fingerprint density at radius 1 is 0.931 bits per heavy atom. The minimum absolute atomic E-state index is 0.211. The van der Waals surface area contributed by atoms with E-state index >= 15 is 0 Å². The fourth-order valence-corrected chi connectivity index (χ4v) is 3.42. The van der Waals surface area contributed by atoms with Gasteiger partial charge in [0.05, 0.1) is 18.2 Å². The summed E-state index contributed by atoms with van der Waals surface area (Å²) in [7, 11) is 0. The molecule has 6 nitrogen and oxygen atoms in total. The Morgan fingerprint density at radius 3 is 2.34 bits per heavy atom. The van der Waals surface area contributed by atoms with Crippen LogP contribution in [0.15, 0.2) is 94.7 Å². The second-order valence-electron chi connectivity index (χ2n) is 6.91. The normalized spacial score (nSPS) is 17.9. The van der Waals surface area contributed by atoms with Crippen molar-refractivity contribution in [2.45, 2.75) is 25.1 Å². The van der Waals surface area contributed by atoms with Crippen LogP contribution in [-0.4, -0.2) is 21.2 Å². The lowest BCUT2D eigenvalue weighted by atomic mass is 10.2. The van der Waals surface area contributed by atoms with Gasteiger partial charge in [0.1, 0.15) is 6.10 Å². The van der Waals surface area contributed by atoms with E-state index in [2.05, 4.69) is 0 Å². The number of hydrogen-bond donors (Lipinski definition) is 0. The highest BCUT2D eigenvalue weighted by atomic mass is 16.5. The first-order valence-electron chi connectivity index (χ1n) is 9.42. The highest BCUT2D eigenvalue weighted by Gasteiger charge is 2.25. The van der Waals surface area contributed by atoms with Crippen molar-refractivity contribution in [3.05, 3.63) is 117 Å². The third-order valence-electron chi connectivity index (χ3n) is 4.93. The highest BCUT2D eigenvalue weighted by Crippen LogP contribution is 2.24. The van der Waals surface area contributed by atoms with Crippen LogP contribution in [0.4, 0.5) is 0 Å². The Kier molecular flexibility index (Phi) is 5.24. The summed E-state index contributed by atoms with van der Waals surface area (Å²) in [6.45, 7) is 0.211. The van der Waals surface area contributed by atoms with Crippen LogP contribution in [0, 0.1) is 0 Å². The molecule has 2 atom stereocenters. The summed E-state index contributed by atoms with van der Waals surface area (Å²) in [4.78, 5) is 37.4. The summed E-state index contributed by atoms with van der Waals surface area (Å²) in [6.07, 6.45) is 5.14. The average molecular weight is 388 g/mol. The van der Waals surface area contributed by atoms with Gasteiger partial charge < -0.3 is 4.74 Å². The van der Waals surface area contributed by atoms with Crippen LogP contribution in [0.3, 0.4) is 0 Å². The van der Waals surface area contributed by atoms with Crippen molar-refractivity contribution in [2.75, 3.05) is 0 Å². The molecular formula is C23H20N2O4. The molecule has 0 saturated heterocycles. The lowest BCUT2D eigenvalue weighted by Crippen LogP contribution is -2.40. The first-order valence-corrected chi connectivity index (χ1v) is 9.42. The van der Waals surface area contributed by atoms with E-state index in [1.54, 1.807) is 30.3 Å². The van der Waals surface area contributed by atoms with E-state index in [0.29, 0.717) is 12.0 Å². The summed E-state index contributed by atoms with van der Waals surface area (Å²) in [5.74, 6) is -0.401. The first-order chi connectivity index (χ1) is 14.1. The van der Waals surface area contributed by atoms with Crippen molar-refractivity contribution in [2.24, 2.45) is 0 Å². The molecule has 0 fully saturated rings. The molecule has 146 valence electrons. The number of hydrogen-bond acceptors (Lipinski definition) is 4.